The van der Waals surface area contributed by atoms with Crippen molar-refractivity contribution in [3.05, 3.63) is 58.7 Å². The SMILES string of the molecule is COCCN(C(=O)c1ccc(NC(C)=O)nc1)C1CCC(CN)(c2cccc(Cl)c2)CC1.Cl. The van der Waals surface area contributed by atoms with Gasteiger partial charge in [-0.2, -0.15) is 0 Å². The smallest absolute Gasteiger partial charge is 0.255 e. The predicted octanol–water partition coefficient (Wildman–Crippen LogP) is 4.04. The molecule has 0 unspecified atom stereocenters. The number of nitrogens with zero attached hydrogens (tertiary/aromatic N) is 2. The number of methoxy groups -OCH3 is 1. The molecule has 3 N–H and O–H groups in total. The first-order valence-electron chi connectivity index (χ1n) is 10.9. The number of rotatable bonds is 8. The van der Waals surface area contributed by atoms with Gasteiger partial charge in [-0.3, -0.25) is 9.59 Å². The van der Waals surface area contributed by atoms with Crippen LogP contribution in [0.3, 0.4) is 0 Å². The summed E-state index contributed by atoms with van der Waals surface area (Å²) >= 11 is 6.23. The topological polar surface area (TPSA) is 97.5 Å². The van der Waals surface area contributed by atoms with Gasteiger partial charge >= 0.3 is 0 Å². The third kappa shape index (κ3) is 6.67. The van der Waals surface area contributed by atoms with Gasteiger partial charge in [0.05, 0.1) is 12.2 Å². The second-order valence-corrected chi connectivity index (χ2v) is 8.77. The maximum atomic E-state index is 13.3. The number of amides is 2. The normalized spacial score (nSPS) is 19.9. The molecule has 1 heterocycles. The van der Waals surface area contributed by atoms with Crippen LogP contribution in [0.25, 0.3) is 0 Å². The van der Waals surface area contributed by atoms with E-state index in [0.29, 0.717) is 36.1 Å². The molecule has 3 rings (SSSR count). The fourth-order valence-electron chi connectivity index (χ4n) is 4.48. The summed E-state index contributed by atoms with van der Waals surface area (Å²) in [6, 6.07) is 11.4. The minimum atomic E-state index is -0.205. The van der Waals surface area contributed by atoms with E-state index in [2.05, 4.69) is 16.4 Å². The van der Waals surface area contributed by atoms with Gasteiger partial charge in [0, 0.05) is 49.8 Å². The third-order valence-corrected chi connectivity index (χ3v) is 6.53. The molecule has 1 aromatic heterocycles. The number of aromatic nitrogens is 1. The summed E-state index contributed by atoms with van der Waals surface area (Å²) in [5, 5.41) is 3.33. The van der Waals surface area contributed by atoms with E-state index < -0.39 is 0 Å². The minimum absolute atomic E-state index is 0. The Labute approximate surface area is 206 Å². The average molecular weight is 495 g/mol. The average Bonchev–Trinajstić information content (AvgIpc) is 2.80. The molecule has 0 aliphatic heterocycles. The number of benzene rings is 1. The highest BCUT2D eigenvalue weighted by atomic mass is 35.5. The standard InChI is InChI=1S/C24H31ClN4O3.ClH/c1-17(30)28-22-7-6-18(15-27-22)23(31)29(12-13-32-2)21-8-10-24(16-26,11-9-21)19-4-3-5-20(25)14-19;/h3-7,14-15,21H,8-13,16,26H2,1-2H3,(H,27,28,30);1H. The molecule has 1 saturated carbocycles. The molecule has 1 aromatic carbocycles. The van der Waals surface area contributed by atoms with Gasteiger partial charge in [0.2, 0.25) is 5.91 Å². The molecule has 1 aliphatic carbocycles. The van der Waals surface area contributed by atoms with Crippen molar-refractivity contribution in [1.82, 2.24) is 9.88 Å². The second-order valence-electron chi connectivity index (χ2n) is 8.33. The summed E-state index contributed by atoms with van der Waals surface area (Å²) in [6.45, 7) is 2.91. The highest BCUT2D eigenvalue weighted by Gasteiger charge is 2.38. The van der Waals surface area contributed by atoms with Crippen LogP contribution in [0.5, 0.6) is 0 Å². The van der Waals surface area contributed by atoms with Crippen molar-refractivity contribution in [2.75, 3.05) is 32.1 Å². The van der Waals surface area contributed by atoms with Crippen LogP contribution >= 0.6 is 24.0 Å². The second kappa shape index (κ2) is 12.3. The maximum absolute atomic E-state index is 13.3. The zero-order chi connectivity index (χ0) is 23.1. The Morgan fingerprint density at radius 1 is 1.27 bits per heavy atom. The molecule has 9 heteroatoms. The number of carbonyl (C=O) groups excluding carboxylic acids is 2. The van der Waals surface area contributed by atoms with Crippen molar-refractivity contribution >= 4 is 41.6 Å². The van der Waals surface area contributed by atoms with Gasteiger partial charge in [0.25, 0.3) is 5.91 Å². The largest absolute Gasteiger partial charge is 0.383 e. The Morgan fingerprint density at radius 3 is 2.55 bits per heavy atom. The first-order valence-corrected chi connectivity index (χ1v) is 11.3. The van der Waals surface area contributed by atoms with Crippen molar-refractivity contribution in [2.24, 2.45) is 5.73 Å². The van der Waals surface area contributed by atoms with E-state index >= 15 is 0 Å². The van der Waals surface area contributed by atoms with E-state index in [0.717, 1.165) is 25.7 Å². The third-order valence-electron chi connectivity index (χ3n) is 6.29. The Kier molecular flexibility index (Phi) is 10.1. The lowest BCUT2D eigenvalue weighted by Crippen LogP contribution is -2.48. The lowest BCUT2D eigenvalue weighted by atomic mass is 9.68. The van der Waals surface area contributed by atoms with Gasteiger partial charge < -0.3 is 20.7 Å². The van der Waals surface area contributed by atoms with E-state index in [9.17, 15) is 9.59 Å². The number of anilines is 1. The van der Waals surface area contributed by atoms with Gasteiger partial charge in [-0.1, -0.05) is 23.7 Å². The van der Waals surface area contributed by atoms with Crippen LogP contribution in [0.15, 0.2) is 42.6 Å². The van der Waals surface area contributed by atoms with E-state index in [-0.39, 0.29) is 35.7 Å². The van der Waals surface area contributed by atoms with Gasteiger partial charge in [-0.05, 0) is 55.5 Å². The lowest BCUT2D eigenvalue weighted by molar-refractivity contribution is -0.114. The van der Waals surface area contributed by atoms with E-state index in [1.807, 2.05) is 23.1 Å². The molecule has 1 fully saturated rings. The summed E-state index contributed by atoms with van der Waals surface area (Å²) in [5.74, 6) is 0.130. The zero-order valence-corrected chi connectivity index (χ0v) is 20.6. The first kappa shape index (κ1) is 27.1. The van der Waals surface area contributed by atoms with Gasteiger partial charge in [0.1, 0.15) is 5.82 Å². The maximum Gasteiger partial charge on any atom is 0.255 e. The van der Waals surface area contributed by atoms with Crippen LogP contribution in [0.4, 0.5) is 5.82 Å². The van der Waals surface area contributed by atoms with Crippen molar-refractivity contribution in [1.29, 1.82) is 0 Å². The Hall–Kier alpha value is -2.19. The highest BCUT2D eigenvalue weighted by Crippen LogP contribution is 2.41. The molecule has 0 bridgehead atoms. The number of hydrogen-bond donors (Lipinski definition) is 2. The molecular weight excluding hydrogens is 463 g/mol. The van der Waals surface area contributed by atoms with Crippen LogP contribution in [0.1, 0.15) is 48.5 Å². The van der Waals surface area contributed by atoms with Gasteiger partial charge in [-0.15, -0.1) is 12.4 Å². The van der Waals surface area contributed by atoms with Crippen LogP contribution in [-0.4, -0.2) is 54.5 Å². The van der Waals surface area contributed by atoms with Crippen molar-refractivity contribution in [3.8, 4) is 0 Å². The Morgan fingerprint density at radius 2 is 2.00 bits per heavy atom. The van der Waals surface area contributed by atoms with E-state index in [1.54, 1.807) is 19.2 Å². The van der Waals surface area contributed by atoms with Crippen molar-refractivity contribution in [3.63, 3.8) is 0 Å². The molecule has 33 heavy (non-hydrogen) atoms. The molecular formula is C24H32Cl2N4O3. The number of carbonyl (C=O) groups is 2. The monoisotopic (exact) mass is 494 g/mol. The summed E-state index contributed by atoms with van der Waals surface area (Å²) in [6.07, 6.45) is 4.95. The number of pyridine rings is 1. The number of halogens is 2. The molecule has 0 atom stereocenters. The van der Waals surface area contributed by atoms with Crippen LogP contribution < -0.4 is 11.1 Å². The molecule has 1 aliphatic rings. The molecule has 0 saturated heterocycles. The van der Waals surface area contributed by atoms with Crippen molar-refractivity contribution < 1.29 is 14.3 Å². The van der Waals surface area contributed by atoms with Crippen molar-refractivity contribution in [2.45, 2.75) is 44.1 Å². The molecule has 7 nitrogen and oxygen atoms in total. The zero-order valence-electron chi connectivity index (χ0n) is 19.1. The number of nitrogens with two attached hydrogens (primary N) is 1. The first-order chi connectivity index (χ1) is 15.4. The quantitative estimate of drug-likeness (QED) is 0.576. The summed E-state index contributed by atoms with van der Waals surface area (Å²) in [5.41, 5.74) is 7.77. The fourth-order valence-corrected chi connectivity index (χ4v) is 4.67. The fraction of sp³-hybridized carbons (Fsp3) is 0.458. The molecule has 180 valence electrons. The molecule has 2 aromatic rings. The summed E-state index contributed by atoms with van der Waals surface area (Å²) in [4.78, 5) is 30.6. The van der Waals surface area contributed by atoms with Crippen LogP contribution in [-0.2, 0) is 14.9 Å². The summed E-state index contributed by atoms with van der Waals surface area (Å²) < 4.78 is 5.26. The van der Waals surface area contributed by atoms with Gasteiger partial charge in [0.15, 0.2) is 0 Å². The predicted molar refractivity (Wildman–Crippen MR) is 133 cm³/mol. The Bertz CT molecular complexity index is 932. The molecule has 0 spiro atoms. The number of ether oxygens (including phenoxy) is 1. The molecule has 0 radical (unpaired) electrons. The van der Waals surface area contributed by atoms with E-state index in [1.165, 1.54) is 18.7 Å². The van der Waals surface area contributed by atoms with Crippen LogP contribution in [0.2, 0.25) is 5.02 Å². The summed E-state index contributed by atoms with van der Waals surface area (Å²) in [7, 11) is 1.63. The number of nitrogens with one attached hydrogen (secondary N) is 1. The van der Waals surface area contributed by atoms with Crippen LogP contribution in [0, 0.1) is 0 Å². The highest BCUT2D eigenvalue weighted by molar-refractivity contribution is 6.30. The number of hydrogen-bond acceptors (Lipinski definition) is 5. The van der Waals surface area contributed by atoms with E-state index in [4.69, 9.17) is 22.1 Å². The molecule has 2 amide bonds. The lowest BCUT2D eigenvalue weighted by Gasteiger charge is -2.43. The minimum Gasteiger partial charge on any atom is -0.383 e. The van der Waals surface area contributed by atoms with Gasteiger partial charge in [-0.25, -0.2) is 4.98 Å². The Balaban J connectivity index is 0.00000385.